The van der Waals surface area contributed by atoms with Gasteiger partial charge in [0.2, 0.25) is 5.56 Å². The number of aromatic nitrogens is 1. The minimum Gasteiger partial charge on any atom is -0.326 e. The second-order valence-corrected chi connectivity index (χ2v) is 2.73. The zero-order valence-electron chi connectivity index (χ0n) is 6.20. The van der Waals surface area contributed by atoms with E-state index in [0.29, 0.717) is 0 Å². The monoisotopic (exact) mass is 193 g/mol. The van der Waals surface area contributed by atoms with Gasteiger partial charge in [-0.05, 0) is 6.92 Å². The first-order valence-electron chi connectivity index (χ1n) is 3.20. The lowest BCUT2D eigenvalue weighted by atomic mass is 10.2. The van der Waals surface area contributed by atoms with Crippen molar-refractivity contribution in [3.8, 4) is 0 Å². The molecule has 12 heavy (non-hydrogen) atoms. The number of halogens is 3. The first-order valence-corrected chi connectivity index (χ1v) is 3.57. The Morgan fingerprint density at radius 2 is 2.17 bits per heavy atom. The number of aryl methyl sites for hydroxylation is 1. The second kappa shape index (κ2) is 3.23. The molecule has 0 atom stereocenters. The molecule has 0 aliphatic heterocycles. The molecule has 1 rings (SSSR count). The average Bonchev–Trinajstić information content (AvgIpc) is 1.82. The van der Waals surface area contributed by atoms with E-state index in [1.165, 1.54) is 6.92 Å². The van der Waals surface area contributed by atoms with Crippen LogP contribution >= 0.6 is 11.6 Å². The minimum atomic E-state index is -2.66. The zero-order chi connectivity index (χ0) is 9.30. The molecule has 5 heteroatoms. The summed E-state index contributed by atoms with van der Waals surface area (Å²) in [5.74, 6) is 0. The third kappa shape index (κ3) is 1.64. The summed E-state index contributed by atoms with van der Waals surface area (Å²) in [6.07, 6.45) is -2.66. The van der Waals surface area contributed by atoms with Gasteiger partial charge in [-0.3, -0.25) is 4.79 Å². The smallest absolute Gasteiger partial charge is 0.266 e. The topological polar surface area (TPSA) is 32.9 Å². The molecule has 1 aromatic heterocycles. The van der Waals surface area contributed by atoms with Crippen LogP contribution in [0.2, 0.25) is 5.02 Å². The summed E-state index contributed by atoms with van der Waals surface area (Å²) in [6, 6.07) is 0.941. The molecule has 0 amide bonds. The quantitative estimate of drug-likeness (QED) is 0.729. The first-order chi connectivity index (χ1) is 5.52. The molecule has 0 spiro atoms. The Morgan fingerprint density at radius 1 is 1.58 bits per heavy atom. The summed E-state index contributed by atoms with van der Waals surface area (Å²) >= 11 is 5.43. The Morgan fingerprint density at radius 3 is 2.58 bits per heavy atom. The van der Waals surface area contributed by atoms with Crippen LogP contribution in [0.3, 0.4) is 0 Å². The van der Waals surface area contributed by atoms with Gasteiger partial charge in [0.25, 0.3) is 6.43 Å². The Hall–Kier alpha value is -0.900. The highest BCUT2D eigenvalue weighted by molar-refractivity contribution is 6.31. The van der Waals surface area contributed by atoms with Crippen molar-refractivity contribution < 1.29 is 8.78 Å². The maximum Gasteiger partial charge on any atom is 0.266 e. The van der Waals surface area contributed by atoms with E-state index in [1.54, 1.807) is 0 Å². The van der Waals surface area contributed by atoms with Crippen molar-refractivity contribution in [1.82, 2.24) is 4.98 Å². The van der Waals surface area contributed by atoms with Crippen molar-refractivity contribution in [3.63, 3.8) is 0 Å². The summed E-state index contributed by atoms with van der Waals surface area (Å²) in [6.45, 7) is 1.38. The highest BCUT2D eigenvalue weighted by Gasteiger charge is 2.15. The van der Waals surface area contributed by atoms with Crippen molar-refractivity contribution in [1.29, 1.82) is 0 Å². The summed E-state index contributed by atoms with van der Waals surface area (Å²) in [7, 11) is 0. The maximum absolute atomic E-state index is 12.2. The SMILES string of the molecule is Cc1[nH]c(=O)cc(Cl)c1C(F)F. The van der Waals surface area contributed by atoms with E-state index in [2.05, 4.69) is 4.98 Å². The van der Waals surface area contributed by atoms with Crippen molar-refractivity contribution in [2.45, 2.75) is 13.3 Å². The summed E-state index contributed by atoms with van der Waals surface area (Å²) in [5.41, 5.74) is -0.666. The van der Waals surface area contributed by atoms with Crippen LogP contribution in [0.4, 0.5) is 8.78 Å². The number of nitrogens with one attached hydrogen (secondary N) is 1. The predicted molar refractivity (Wildman–Crippen MR) is 41.8 cm³/mol. The number of alkyl halides is 2. The number of aromatic amines is 1. The van der Waals surface area contributed by atoms with Crippen LogP contribution < -0.4 is 5.56 Å². The Bertz CT molecular complexity index is 321. The first kappa shape index (κ1) is 9.19. The zero-order valence-corrected chi connectivity index (χ0v) is 6.95. The lowest BCUT2D eigenvalue weighted by molar-refractivity contribution is 0.150. The fourth-order valence-electron chi connectivity index (χ4n) is 0.928. The molecule has 66 valence electrons. The standard InChI is InChI=1S/C7H6ClF2NO/c1-3-6(7(9)10)4(8)2-5(12)11-3/h2,7H,1H3,(H,11,12). The average molecular weight is 194 g/mol. The molecule has 2 nitrogen and oxygen atoms in total. The van der Waals surface area contributed by atoms with E-state index in [-0.39, 0.29) is 16.3 Å². The van der Waals surface area contributed by atoms with Gasteiger partial charge in [-0.2, -0.15) is 0 Å². The van der Waals surface area contributed by atoms with Crippen LogP contribution in [0.15, 0.2) is 10.9 Å². The third-order valence-corrected chi connectivity index (χ3v) is 1.76. The van der Waals surface area contributed by atoms with Gasteiger partial charge in [-0.1, -0.05) is 11.6 Å². The van der Waals surface area contributed by atoms with Gasteiger partial charge in [-0.25, -0.2) is 8.78 Å². The molecule has 0 aliphatic carbocycles. The molecule has 0 aromatic carbocycles. The highest BCUT2D eigenvalue weighted by Crippen LogP contribution is 2.27. The van der Waals surface area contributed by atoms with Crippen molar-refractivity contribution in [2.75, 3.05) is 0 Å². The Balaban J connectivity index is 3.38. The molecule has 1 N–H and O–H groups in total. The molecule has 0 saturated carbocycles. The fourth-order valence-corrected chi connectivity index (χ4v) is 1.25. The lowest BCUT2D eigenvalue weighted by Gasteiger charge is -2.05. The van der Waals surface area contributed by atoms with Crippen LogP contribution in [0.1, 0.15) is 17.7 Å². The molecule has 0 radical (unpaired) electrons. The molecule has 0 aliphatic rings. The fraction of sp³-hybridized carbons (Fsp3) is 0.286. The number of rotatable bonds is 1. The summed E-state index contributed by atoms with van der Waals surface area (Å²) in [4.78, 5) is 12.9. The minimum absolute atomic E-state index is 0.113. The van der Waals surface area contributed by atoms with Crippen molar-refractivity contribution in [2.24, 2.45) is 0 Å². The van der Waals surface area contributed by atoms with Crippen molar-refractivity contribution >= 4 is 11.6 Å². The van der Waals surface area contributed by atoms with Crippen LogP contribution in [0.25, 0.3) is 0 Å². The highest BCUT2D eigenvalue weighted by atomic mass is 35.5. The molecule has 1 heterocycles. The number of pyridine rings is 1. The molecular formula is C7H6ClF2NO. The number of hydrogen-bond donors (Lipinski definition) is 1. The van der Waals surface area contributed by atoms with Crippen LogP contribution in [0, 0.1) is 6.92 Å². The Kier molecular flexibility index (Phi) is 2.47. The van der Waals surface area contributed by atoms with Gasteiger partial charge in [0.05, 0.1) is 10.6 Å². The molecule has 0 fully saturated rings. The molecule has 1 aromatic rings. The van der Waals surface area contributed by atoms with E-state index in [1.807, 2.05) is 0 Å². The van der Waals surface area contributed by atoms with E-state index in [9.17, 15) is 13.6 Å². The molecule has 0 bridgehead atoms. The van der Waals surface area contributed by atoms with Gasteiger partial charge in [0.1, 0.15) is 0 Å². The van der Waals surface area contributed by atoms with E-state index in [4.69, 9.17) is 11.6 Å². The number of hydrogen-bond acceptors (Lipinski definition) is 1. The van der Waals surface area contributed by atoms with Crippen LogP contribution in [-0.4, -0.2) is 4.98 Å². The largest absolute Gasteiger partial charge is 0.326 e. The van der Waals surface area contributed by atoms with Crippen LogP contribution in [-0.2, 0) is 0 Å². The summed E-state index contributed by atoms with van der Waals surface area (Å²) < 4.78 is 24.4. The van der Waals surface area contributed by atoms with Crippen LogP contribution in [0.5, 0.6) is 0 Å². The van der Waals surface area contributed by atoms with Gasteiger partial charge >= 0.3 is 0 Å². The Labute approximate surface area is 72.2 Å². The lowest BCUT2D eigenvalue weighted by Crippen LogP contribution is -2.08. The summed E-state index contributed by atoms with van der Waals surface area (Å²) in [5, 5.41) is -0.189. The van der Waals surface area contributed by atoms with Gasteiger partial charge < -0.3 is 4.98 Å². The molecular weight excluding hydrogens is 188 g/mol. The van der Waals surface area contributed by atoms with E-state index >= 15 is 0 Å². The van der Waals surface area contributed by atoms with E-state index < -0.39 is 12.0 Å². The van der Waals surface area contributed by atoms with Gasteiger partial charge in [0.15, 0.2) is 0 Å². The maximum atomic E-state index is 12.2. The third-order valence-electron chi connectivity index (χ3n) is 1.45. The van der Waals surface area contributed by atoms with Gasteiger partial charge in [0, 0.05) is 11.8 Å². The van der Waals surface area contributed by atoms with Crippen molar-refractivity contribution in [3.05, 3.63) is 32.7 Å². The number of H-pyrrole nitrogens is 1. The normalized spacial score (nSPS) is 10.8. The molecule has 0 unspecified atom stereocenters. The van der Waals surface area contributed by atoms with Gasteiger partial charge in [-0.15, -0.1) is 0 Å². The predicted octanol–water partition coefficient (Wildman–Crippen LogP) is 2.27. The van der Waals surface area contributed by atoms with E-state index in [0.717, 1.165) is 6.07 Å². The molecule has 0 saturated heterocycles. The second-order valence-electron chi connectivity index (χ2n) is 2.32.